The van der Waals surface area contributed by atoms with Crippen molar-refractivity contribution < 1.29 is 9.53 Å². The number of methoxy groups -OCH3 is 1. The number of aromatic nitrogens is 1. The topological polar surface area (TPSA) is 51.2 Å². The Bertz CT molecular complexity index is 844. The quantitative estimate of drug-likeness (QED) is 0.762. The monoisotopic (exact) mass is 356 g/mol. The number of ether oxygens (including phenoxy) is 1. The van der Waals surface area contributed by atoms with Crippen LogP contribution in [-0.2, 0) is 0 Å². The van der Waals surface area contributed by atoms with Gasteiger partial charge in [0.05, 0.1) is 22.8 Å². The Morgan fingerprint density at radius 3 is 2.82 bits per heavy atom. The Hall–Kier alpha value is -2.40. The molecule has 1 heterocycles. The lowest BCUT2D eigenvalue weighted by molar-refractivity contribution is 0.102. The van der Waals surface area contributed by atoms with E-state index in [-0.39, 0.29) is 5.91 Å². The fraction of sp³-hybridized carbons (Fsp3) is 0.0588. The normalized spacial score (nSPS) is 10.5. The summed E-state index contributed by atoms with van der Waals surface area (Å²) in [5.74, 6) is 0.505. The van der Waals surface area contributed by atoms with E-state index in [0.717, 1.165) is 21.1 Å². The molecule has 5 heteroatoms. The number of pyridine rings is 1. The van der Waals surface area contributed by atoms with Crippen LogP contribution in [0.1, 0.15) is 10.4 Å². The van der Waals surface area contributed by atoms with Crippen LogP contribution in [-0.4, -0.2) is 18.0 Å². The number of halogens is 1. The van der Waals surface area contributed by atoms with Gasteiger partial charge in [-0.1, -0.05) is 6.07 Å². The van der Waals surface area contributed by atoms with E-state index in [1.54, 1.807) is 31.5 Å². The van der Waals surface area contributed by atoms with Gasteiger partial charge in [-0.2, -0.15) is 0 Å². The van der Waals surface area contributed by atoms with Gasteiger partial charge < -0.3 is 10.1 Å². The molecular weight excluding hydrogens is 344 g/mol. The van der Waals surface area contributed by atoms with Gasteiger partial charge in [0.2, 0.25) is 0 Å². The summed E-state index contributed by atoms with van der Waals surface area (Å²) < 4.78 is 5.91. The first-order chi connectivity index (χ1) is 10.7. The first-order valence-corrected chi connectivity index (χ1v) is 7.47. The Labute approximate surface area is 136 Å². The average molecular weight is 357 g/mol. The molecule has 110 valence electrons. The summed E-state index contributed by atoms with van der Waals surface area (Å²) >= 11 is 3.39. The first-order valence-electron chi connectivity index (χ1n) is 6.67. The molecule has 1 aromatic heterocycles. The van der Waals surface area contributed by atoms with Crippen molar-refractivity contribution in [2.45, 2.75) is 0 Å². The van der Waals surface area contributed by atoms with Gasteiger partial charge in [0.15, 0.2) is 0 Å². The molecule has 0 atom stereocenters. The number of carbonyl (C=O) groups is 1. The van der Waals surface area contributed by atoms with E-state index in [4.69, 9.17) is 4.74 Å². The Morgan fingerprint density at radius 1 is 1.18 bits per heavy atom. The minimum Gasteiger partial charge on any atom is -0.496 e. The highest BCUT2D eigenvalue weighted by molar-refractivity contribution is 9.10. The third-order valence-electron chi connectivity index (χ3n) is 3.31. The number of benzene rings is 2. The zero-order valence-corrected chi connectivity index (χ0v) is 13.4. The molecule has 0 spiro atoms. The highest BCUT2D eigenvalue weighted by Crippen LogP contribution is 2.27. The average Bonchev–Trinajstić information content (AvgIpc) is 2.55. The molecule has 3 rings (SSSR count). The van der Waals surface area contributed by atoms with E-state index in [2.05, 4.69) is 26.2 Å². The second-order valence-corrected chi connectivity index (χ2v) is 5.53. The van der Waals surface area contributed by atoms with E-state index in [9.17, 15) is 4.79 Å². The number of rotatable bonds is 3. The van der Waals surface area contributed by atoms with Crippen LogP contribution in [0.2, 0.25) is 0 Å². The molecule has 0 fully saturated rings. The lowest BCUT2D eigenvalue weighted by Gasteiger charge is -2.09. The van der Waals surface area contributed by atoms with Crippen molar-refractivity contribution in [2.24, 2.45) is 0 Å². The fourth-order valence-electron chi connectivity index (χ4n) is 2.21. The summed E-state index contributed by atoms with van der Waals surface area (Å²) in [4.78, 5) is 16.7. The van der Waals surface area contributed by atoms with E-state index in [1.807, 2.05) is 30.3 Å². The summed E-state index contributed by atoms with van der Waals surface area (Å²) in [6.07, 6.45) is 1.73. The Morgan fingerprint density at radius 2 is 2.05 bits per heavy atom. The number of hydrogen-bond donors (Lipinski definition) is 1. The van der Waals surface area contributed by atoms with Crippen LogP contribution in [0.4, 0.5) is 5.69 Å². The second-order valence-electron chi connectivity index (χ2n) is 4.68. The molecule has 0 aliphatic rings. The van der Waals surface area contributed by atoms with Crippen molar-refractivity contribution in [3.8, 4) is 5.75 Å². The zero-order valence-electron chi connectivity index (χ0n) is 11.8. The molecule has 4 nitrogen and oxygen atoms in total. The SMILES string of the molecule is COc1ccc(C(=O)Nc2cccc3ncccc23)cc1Br. The lowest BCUT2D eigenvalue weighted by atomic mass is 10.1. The van der Waals surface area contributed by atoms with Gasteiger partial charge in [-0.05, 0) is 58.4 Å². The van der Waals surface area contributed by atoms with E-state index >= 15 is 0 Å². The third-order valence-corrected chi connectivity index (χ3v) is 3.93. The van der Waals surface area contributed by atoms with Gasteiger partial charge in [0.25, 0.3) is 5.91 Å². The minimum absolute atomic E-state index is 0.181. The highest BCUT2D eigenvalue weighted by atomic mass is 79.9. The smallest absolute Gasteiger partial charge is 0.255 e. The van der Waals surface area contributed by atoms with E-state index < -0.39 is 0 Å². The lowest BCUT2D eigenvalue weighted by Crippen LogP contribution is -2.12. The maximum atomic E-state index is 12.4. The number of hydrogen-bond acceptors (Lipinski definition) is 3. The van der Waals surface area contributed by atoms with Gasteiger partial charge in [-0.3, -0.25) is 9.78 Å². The molecule has 0 bridgehead atoms. The molecule has 1 amide bonds. The number of nitrogens with one attached hydrogen (secondary N) is 1. The van der Waals surface area contributed by atoms with Crippen molar-refractivity contribution in [1.29, 1.82) is 0 Å². The van der Waals surface area contributed by atoms with Crippen molar-refractivity contribution in [3.63, 3.8) is 0 Å². The summed E-state index contributed by atoms with van der Waals surface area (Å²) in [6.45, 7) is 0. The second kappa shape index (κ2) is 6.15. The largest absolute Gasteiger partial charge is 0.496 e. The van der Waals surface area contributed by atoms with Crippen LogP contribution in [0.15, 0.2) is 59.2 Å². The van der Waals surface area contributed by atoms with E-state index in [0.29, 0.717) is 11.3 Å². The summed E-state index contributed by atoms with van der Waals surface area (Å²) in [5, 5.41) is 3.83. The van der Waals surface area contributed by atoms with E-state index in [1.165, 1.54) is 0 Å². The molecule has 0 saturated heterocycles. The number of fused-ring (bicyclic) bond motifs is 1. The molecule has 0 radical (unpaired) electrons. The maximum Gasteiger partial charge on any atom is 0.255 e. The fourth-order valence-corrected chi connectivity index (χ4v) is 2.76. The predicted octanol–water partition coefficient (Wildman–Crippen LogP) is 4.26. The Kier molecular flexibility index (Phi) is 4.06. The van der Waals surface area contributed by atoms with Crippen molar-refractivity contribution in [2.75, 3.05) is 12.4 Å². The standard InChI is InChI=1S/C17H13BrN2O2/c1-22-16-8-7-11(10-13(16)18)17(21)20-15-6-2-5-14-12(15)4-3-9-19-14/h2-10H,1H3,(H,20,21). The van der Waals surface area contributed by atoms with Crippen molar-refractivity contribution in [3.05, 3.63) is 64.8 Å². The zero-order chi connectivity index (χ0) is 15.5. The van der Waals surface area contributed by atoms with Crippen molar-refractivity contribution >= 4 is 38.4 Å². The summed E-state index contributed by atoms with van der Waals surface area (Å²) in [5.41, 5.74) is 2.13. The highest BCUT2D eigenvalue weighted by Gasteiger charge is 2.10. The Balaban J connectivity index is 1.92. The predicted molar refractivity (Wildman–Crippen MR) is 90.4 cm³/mol. The van der Waals surface area contributed by atoms with Crippen LogP contribution in [0.5, 0.6) is 5.75 Å². The maximum absolute atomic E-state index is 12.4. The molecule has 0 aliphatic heterocycles. The van der Waals surface area contributed by atoms with Gasteiger partial charge >= 0.3 is 0 Å². The van der Waals surface area contributed by atoms with Gasteiger partial charge in [0.1, 0.15) is 5.75 Å². The van der Waals surface area contributed by atoms with Crippen LogP contribution in [0, 0.1) is 0 Å². The molecule has 0 aliphatic carbocycles. The molecule has 2 aromatic carbocycles. The molecule has 0 unspecified atom stereocenters. The van der Waals surface area contributed by atoms with Crippen LogP contribution < -0.4 is 10.1 Å². The molecular formula is C17H13BrN2O2. The van der Waals surface area contributed by atoms with Crippen LogP contribution >= 0.6 is 15.9 Å². The minimum atomic E-state index is -0.181. The summed E-state index contributed by atoms with van der Waals surface area (Å²) in [6, 6.07) is 14.6. The number of amides is 1. The van der Waals surface area contributed by atoms with Gasteiger partial charge in [-0.15, -0.1) is 0 Å². The van der Waals surface area contributed by atoms with Gasteiger partial charge in [0, 0.05) is 17.1 Å². The summed E-state index contributed by atoms with van der Waals surface area (Å²) in [7, 11) is 1.59. The molecule has 1 N–H and O–H groups in total. The molecule has 0 saturated carbocycles. The third kappa shape index (κ3) is 2.80. The van der Waals surface area contributed by atoms with Crippen LogP contribution in [0.3, 0.4) is 0 Å². The molecule has 22 heavy (non-hydrogen) atoms. The number of carbonyl (C=O) groups excluding carboxylic acids is 1. The number of anilines is 1. The van der Waals surface area contributed by atoms with Gasteiger partial charge in [-0.25, -0.2) is 0 Å². The number of nitrogens with zero attached hydrogens (tertiary/aromatic N) is 1. The molecule has 3 aromatic rings. The first kappa shape index (κ1) is 14.5. The van der Waals surface area contributed by atoms with Crippen LogP contribution in [0.25, 0.3) is 10.9 Å². The van der Waals surface area contributed by atoms with Crippen molar-refractivity contribution in [1.82, 2.24) is 4.98 Å².